The summed E-state index contributed by atoms with van der Waals surface area (Å²) in [6.45, 7) is 0. The highest BCUT2D eigenvalue weighted by molar-refractivity contribution is 7.10. The standard InChI is InChI=1S/C17H15NO4S/c1-20-14-6-5-11(8-15(14)21-2)9-16-18-13(17(19)22-16)10-12-4-3-7-23-12/h3-8,10H,9H2,1-2H3/b13-10+. The summed E-state index contributed by atoms with van der Waals surface area (Å²) in [4.78, 5) is 17.1. The highest BCUT2D eigenvalue weighted by atomic mass is 32.1. The summed E-state index contributed by atoms with van der Waals surface area (Å²) in [7, 11) is 3.17. The summed E-state index contributed by atoms with van der Waals surface area (Å²) < 4.78 is 15.7. The van der Waals surface area contributed by atoms with Gasteiger partial charge < -0.3 is 14.2 Å². The van der Waals surface area contributed by atoms with Gasteiger partial charge in [0.15, 0.2) is 17.2 Å². The molecule has 118 valence electrons. The van der Waals surface area contributed by atoms with Crippen LogP contribution in [-0.2, 0) is 16.0 Å². The molecule has 0 N–H and O–H groups in total. The molecule has 1 aliphatic heterocycles. The minimum atomic E-state index is -0.422. The van der Waals surface area contributed by atoms with Crippen LogP contribution in [0.5, 0.6) is 11.5 Å². The average Bonchev–Trinajstić information content (AvgIpc) is 3.18. The maximum absolute atomic E-state index is 11.9. The van der Waals surface area contributed by atoms with Crippen LogP contribution in [0.2, 0.25) is 0 Å². The Morgan fingerprint density at radius 1 is 1.22 bits per heavy atom. The monoisotopic (exact) mass is 329 g/mol. The topological polar surface area (TPSA) is 57.1 Å². The molecule has 0 bridgehead atoms. The highest BCUT2D eigenvalue weighted by Crippen LogP contribution is 2.28. The molecular formula is C17H15NO4S. The van der Waals surface area contributed by atoms with Gasteiger partial charge >= 0.3 is 5.97 Å². The zero-order chi connectivity index (χ0) is 16.2. The Morgan fingerprint density at radius 3 is 2.74 bits per heavy atom. The van der Waals surface area contributed by atoms with E-state index in [1.807, 2.05) is 35.7 Å². The van der Waals surface area contributed by atoms with E-state index in [1.165, 1.54) is 0 Å². The molecule has 0 aliphatic carbocycles. The van der Waals surface area contributed by atoms with Gasteiger partial charge in [-0.3, -0.25) is 0 Å². The second-order valence-electron chi connectivity index (χ2n) is 4.81. The summed E-state index contributed by atoms with van der Waals surface area (Å²) in [5.74, 6) is 1.24. The quantitative estimate of drug-likeness (QED) is 0.624. The molecule has 1 aliphatic rings. The number of hydrogen-bond acceptors (Lipinski definition) is 6. The fraction of sp³-hybridized carbons (Fsp3) is 0.176. The Bertz CT molecular complexity index is 778. The normalized spacial score (nSPS) is 15.5. The van der Waals surface area contributed by atoms with E-state index in [-0.39, 0.29) is 0 Å². The number of rotatable bonds is 5. The van der Waals surface area contributed by atoms with Crippen molar-refractivity contribution in [2.24, 2.45) is 4.99 Å². The molecule has 0 amide bonds. The van der Waals surface area contributed by atoms with E-state index in [0.29, 0.717) is 29.5 Å². The number of benzene rings is 1. The van der Waals surface area contributed by atoms with Gasteiger partial charge in [-0.2, -0.15) is 0 Å². The number of carbonyl (C=O) groups excluding carboxylic acids is 1. The minimum Gasteiger partial charge on any atom is -0.493 e. The van der Waals surface area contributed by atoms with Crippen molar-refractivity contribution in [3.63, 3.8) is 0 Å². The van der Waals surface area contributed by atoms with Gasteiger partial charge in [0.25, 0.3) is 0 Å². The lowest BCUT2D eigenvalue weighted by atomic mass is 10.1. The number of aliphatic imine (C=N–C) groups is 1. The van der Waals surface area contributed by atoms with E-state index in [2.05, 4.69) is 4.99 Å². The third kappa shape index (κ3) is 3.43. The third-order valence-electron chi connectivity index (χ3n) is 3.29. The van der Waals surface area contributed by atoms with E-state index >= 15 is 0 Å². The third-order valence-corrected chi connectivity index (χ3v) is 4.11. The second kappa shape index (κ2) is 6.66. The largest absolute Gasteiger partial charge is 0.493 e. The van der Waals surface area contributed by atoms with Crippen LogP contribution in [0.25, 0.3) is 6.08 Å². The number of thiophene rings is 1. The Morgan fingerprint density at radius 2 is 2.04 bits per heavy atom. The van der Waals surface area contributed by atoms with E-state index in [0.717, 1.165) is 10.4 Å². The van der Waals surface area contributed by atoms with Gasteiger partial charge in [-0.05, 0) is 35.2 Å². The molecule has 0 radical (unpaired) electrons. The highest BCUT2D eigenvalue weighted by Gasteiger charge is 2.23. The smallest absolute Gasteiger partial charge is 0.363 e. The van der Waals surface area contributed by atoms with Crippen LogP contribution in [0, 0.1) is 0 Å². The lowest BCUT2D eigenvalue weighted by Crippen LogP contribution is -2.07. The number of hydrogen-bond donors (Lipinski definition) is 0. The summed E-state index contributed by atoms with van der Waals surface area (Å²) in [6.07, 6.45) is 2.14. The van der Waals surface area contributed by atoms with Crippen LogP contribution >= 0.6 is 11.3 Å². The SMILES string of the molecule is COc1ccc(CC2=N/C(=C/c3cccs3)C(=O)O2)cc1OC. The van der Waals surface area contributed by atoms with Gasteiger partial charge in [-0.25, -0.2) is 9.79 Å². The van der Waals surface area contributed by atoms with Crippen molar-refractivity contribution in [3.05, 3.63) is 51.8 Å². The van der Waals surface area contributed by atoms with Gasteiger partial charge in [0, 0.05) is 11.3 Å². The Balaban J connectivity index is 1.79. The molecule has 1 aromatic carbocycles. The van der Waals surface area contributed by atoms with E-state index in [1.54, 1.807) is 31.6 Å². The van der Waals surface area contributed by atoms with Gasteiger partial charge in [0.1, 0.15) is 0 Å². The second-order valence-corrected chi connectivity index (χ2v) is 5.79. The average molecular weight is 329 g/mol. The van der Waals surface area contributed by atoms with Crippen LogP contribution < -0.4 is 9.47 Å². The number of methoxy groups -OCH3 is 2. The van der Waals surface area contributed by atoms with Crippen LogP contribution in [0.3, 0.4) is 0 Å². The predicted molar refractivity (Wildman–Crippen MR) is 89.1 cm³/mol. The van der Waals surface area contributed by atoms with Gasteiger partial charge in [-0.15, -0.1) is 11.3 Å². The van der Waals surface area contributed by atoms with Crippen molar-refractivity contribution < 1.29 is 19.0 Å². The Hall–Kier alpha value is -2.60. The zero-order valence-electron chi connectivity index (χ0n) is 12.7. The molecule has 0 atom stereocenters. The molecule has 6 heteroatoms. The molecule has 0 unspecified atom stereocenters. The molecule has 23 heavy (non-hydrogen) atoms. The first-order valence-corrected chi connectivity index (χ1v) is 7.83. The van der Waals surface area contributed by atoms with Crippen molar-refractivity contribution in [3.8, 4) is 11.5 Å². The number of cyclic esters (lactones) is 1. The lowest BCUT2D eigenvalue weighted by Gasteiger charge is -2.09. The van der Waals surface area contributed by atoms with E-state index < -0.39 is 5.97 Å². The summed E-state index contributed by atoms with van der Waals surface area (Å²) in [5, 5.41) is 1.95. The Kier molecular flexibility index (Phi) is 4.43. The fourth-order valence-corrected chi connectivity index (χ4v) is 2.85. The molecule has 2 heterocycles. The Labute approximate surface area is 137 Å². The predicted octanol–water partition coefficient (Wildman–Crippen LogP) is 3.30. The molecule has 2 aromatic rings. The first-order valence-electron chi connectivity index (χ1n) is 6.95. The molecule has 0 saturated carbocycles. The number of nitrogens with zero attached hydrogens (tertiary/aromatic N) is 1. The fourth-order valence-electron chi connectivity index (χ4n) is 2.20. The van der Waals surface area contributed by atoms with E-state index in [4.69, 9.17) is 14.2 Å². The van der Waals surface area contributed by atoms with Gasteiger partial charge in [0.2, 0.25) is 5.90 Å². The van der Waals surface area contributed by atoms with E-state index in [9.17, 15) is 4.79 Å². The maximum Gasteiger partial charge on any atom is 0.363 e. The minimum absolute atomic E-state index is 0.322. The van der Waals surface area contributed by atoms with Crippen molar-refractivity contribution in [2.75, 3.05) is 14.2 Å². The molecule has 0 saturated heterocycles. The molecule has 5 nitrogen and oxygen atoms in total. The number of esters is 1. The molecule has 1 aromatic heterocycles. The molecular weight excluding hydrogens is 314 g/mol. The van der Waals surface area contributed by atoms with Gasteiger partial charge in [0.05, 0.1) is 14.2 Å². The lowest BCUT2D eigenvalue weighted by molar-refractivity contribution is -0.130. The summed E-state index contributed by atoms with van der Waals surface area (Å²) >= 11 is 1.54. The van der Waals surface area contributed by atoms with Crippen LogP contribution in [0.15, 0.2) is 46.4 Å². The molecule has 0 spiro atoms. The van der Waals surface area contributed by atoms with Crippen LogP contribution in [0.4, 0.5) is 0 Å². The van der Waals surface area contributed by atoms with Gasteiger partial charge in [-0.1, -0.05) is 12.1 Å². The zero-order valence-corrected chi connectivity index (χ0v) is 13.6. The van der Waals surface area contributed by atoms with Crippen molar-refractivity contribution in [1.29, 1.82) is 0 Å². The maximum atomic E-state index is 11.9. The summed E-state index contributed by atoms with van der Waals surface area (Å²) in [6, 6.07) is 9.39. The molecule has 0 fully saturated rings. The van der Waals surface area contributed by atoms with Crippen molar-refractivity contribution in [2.45, 2.75) is 6.42 Å². The van der Waals surface area contributed by atoms with Crippen molar-refractivity contribution in [1.82, 2.24) is 0 Å². The van der Waals surface area contributed by atoms with Crippen molar-refractivity contribution >= 4 is 29.3 Å². The first-order chi connectivity index (χ1) is 11.2. The summed E-state index contributed by atoms with van der Waals surface area (Å²) in [5.41, 5.74) is 1.24. The number of ether oxygens (including phenoxy) is 3. The van der Waals surface area contributed by atoms with Crippen LogP contribution in [0.1, 0.15) is 10.4 Å². The van der Waals surface area contributed by atoms with Crippen LogP contribution in [-0.4, -0.2) is 26.1 Å². The molecule has 3 rings (SSSR count). The first kappa shape index (κ1) is 15.3. The number of carbonyl (C=O) groups is 1.